The number of rotatable bonds is 2. The van der Waals surface area contributed by atoms with Gasteiger partial charge in [-0.25, -0.2) is 0 Å². The summed E-state index contributed by atoms with van der Waals surface area (Å²) in [5, 5.41) is 13.8. The van der Waals surface area contributed by atoms with Crippen molar-refractivity contribution in [3.8, 4) is 5.75 Å². The van der Waals surface area contributed by atoms with Crippen LogP contribution < -0.4 is 5.73 Å². The summed E-state index contributed by atoms with van der Waals surface area (Å²) in [4.78, 5) is 1.13. The van der Waals surface area contributed by atoms with Crippen molar-refractivity contribution in [2.24, 2.45) is 5.73 Å². The van der Waals surface area contributed by atoms with Crippen molar-refractivity contribution in [1.29, 1.82) is 0 Å². The summed E-state index contributed by atoms with van der Waals surface area (Å²) in [5.41, 5.74) is 7.35. The molecule has 0 aliphatic carbocycles. The fourth-order valence-electron chi connectivity index (χ4n) is 2.20. The lowest BCUT2D eigenvalue weighted by molar-refractivity contribution is 0.481. The summed E-state index contributed by atoms with van der Waals surface area (Å²) in [6.07, 6.45) is 0. The molecule has 1 heterocycles. The van der Waals surface area contributed by atoms with E-state index < -0.39 is 0 Å². The third-order valence-corrected chi connectivity index (χ3v) is 4.07. The molecule has 1 atom stereocenters. The van der Waals surface area contributed by atoms with Crippen molar-refractivity contribution in [3.05, 3.63) is 64.4 Å². The van der Waals surface area contributed by atoms with Crippen LogP contribution in [0.25, 0.3) is 10.8 Å². The largest absolute Gasteiger partial charge is 0.507 e. The second kappa shape index (κ2) is 4.44. The van der Waals surface area contributed by atoms with Gasteiger partial charge in [0, 0.05) is 10.3 Å². The molecule has 3 rings (SSSR count). The molecule has 3 heteroatoms. The standard InChI is InChI=1S/C15H13NOS/c16-15(14-6-3-9-18-14)12-7-8-13(17)11-5-2-1-4-10(11)12/h1-9,15,17H,16H2/t15-/m0/s1. The zero-order chi connectivity index (χ0) is 12.5. The minimum absolute atomic E-state index is 0.143. The van der Waals surface area contributed by atoms with Gasteiger partial charge in [0.25, 0.3) is 0 Å². The molecule has 3 N–H and O–H groups in total. The fraction of sp³-hybridized carbons (Fsp3) is 0.0667. The fourth-order valence-corrected chi connectivity index (χ4v) is 2.94. The van der Waals surface area contributed by atoms with Crippen LogP contribution in [-0.2, 0) is 0 Å². The predicted molar refractivity (Wildman–Crippen MR) is 76.0 cm³/mol. The van der Waals surface area contributed by atoms with E-state index in [9.17, 15) is 5.11 Å². The van der Waals surface area contributed by atoms with Gasteiger partial charge in [-0.2, -0.15) is 0 Å². The van der Waals surface area contributed by atoms with Gasteiger partial charge in [-0.1, -0.05) is 36.4 Å². The summed E-state index contributed by atoms with van der Waals surface area (Å²) in [6.45, 7) is 0. The van der Waals surface area contributed by atoms with Crippen LogP contribution in [0.3, 0.4) is 0 Å². The minimum Gasteiger partial charge on any atom is -0.507 e. The van der Waals surface area contributed by atoms with Gasteiger partial charge >= 0.3 is 0 Å². The Morgan fingerprint density at radius 1 is 0.944 bits per heavy atom. The maximum Gasteiger partial charge on any atom is 0.123 e. The number of phenolic OH excluding ortho intramolecular Hbond substituents is 1. The molecule has 0 amide bonds. The molecule has 18 heavy (non-hydrogen) atoms. The van der Waals surface area contributed by atoms with Gasteiger partial charge in [0.05, 0.1) is 6.04 Å². The molecular formula is C15H13NOS. The Hall–Kier alpha value is -1.84. The van der Waals surface area contributed by atoms with Crippen molar-refractivity contribution >= 4 is 22.1 Å². The molecule has 2 nitrogen and oxygen atoms in total. The molecule has 90 valence electrons. The van der Waals surface area contributed by atoms with E-state index in [-0.39, 0.29) is 6.04 Å². The molecule has 2 aromatic carbocycles. The molecule has 0 aliphatic rings. The normalized spacial score (nSPS) is 12.7. The first-order chi connectivity index (χ1) is 8.77. The van der Waals surface area contributed by atoms with E-state index in [0.29, 0.717) is 5.75 Å². The summed E-state index contributed by atoms with van der Waals surface area (Å²) >= 11 is 1.65. The first-order valence-corrected chi connectivity index (χ1v) is 6.65. The monoisotopic (exact) mass is 255 g/mol. The number of hydrogen-bond donors (Lipinski definition) is 2. The lowest BCUT2D eigenvalue weighted by atomic mass is 9.98. The first kappa shape index (κ1) is 11.3. The van der Waals surface area contributed by atoms with Crippen molar-refractivity contribution < 1.29 is 5.11 Å². The zero-order valence-corrected chi connectivity index (χ0v) is 10.5. The van der Waals surface area contributed by atoms with Crippen LogP contribution in [0.1, 0.15) is 16.5 Å². The van der Waals surface area contributed by atoms with Gasteiger partial charge in [-0.3, -0.25) is 0 Å². The van der Waals surface area contributed by atoms with Crippen LogP contribution >= 0.6 is 11.3 Å². The summed E-state index contributed by atoms with van der Waals surface area (Å²) in [6, 6.07) is 15.3. The highest BCUT2D eigenvalue weighted by Gasteiger charge is 2.14. The van der Waals surface area contributed by atoms with Crippen LogP contribution in [0.5, 0.6) is 5.75 Å². The van der Waals surface area contributed by atoms with Gasteiger partial charge in [0.1, 0.15) is 5.75 Å². The summed E-state index contributed by atoms with van der Waals surface area (Å²) < 4.78 is 0. The molecule has 3 aromatic rings. The molecule has 0 fully saturated rings. The van der Waals surface area contributed by atoms with Crippen LogP contribution in [0.15, 0.2) is 53.9 Å². The Morgan fingerprint density at radius 3 is 2.44 bits per heavy atom. The predicted octanol–water partition coefficient (Wildman–Crippen LogP) is 3.66. The quantitative estimate of drug-likeness (QED) is 0.734. The number of aromatic hydroxyl groups is 1. The van der Waals surface area contributed by atoms with Crippen LogP contribution in [0, 0.1) is 0 Å². The minimum atomic E-state index is -0.143. The highest BCUT2D eigenvalue weighted by molar-refractivity contribution is 7.10. The van der Waals surface area contributed by atoms with Crippen LogP contribution in [0.4, 0.5) is 0 Å². The van der Waals surface area contributed by atoms with Crippen molar-refractivity contribution in [3.63, 3.8) is 0 Å². The topological polar surface area (TPSA) is 46.2 Å². The van der Waals surface area contributed by atoms with E-state index >= 15 is 0 Å². The number of nitrogens with two attached hydrogens (primary N) is 1. The van der Waals surface area contributed by atoms with E-state index in [0.717, 1.165) is 21.2 Å². The van der Waals surface area contributed by atoms with E-state index in [2.05, 4.69) is 0 Å². The van der Waals surface area contributed by atoms with Gasteiger partial charge in [-0.15, -0.1) is 11.3 Å². The number of hydrogen-bond acceptors (Lipinski definition) is 3. The lowest BCUT2D eigenvalue weighted by Crippen LogP contribution is -2.10. The molecule has 0 unspecified atom stereocenters. The third kappa shape index (κ3) is 1.78. The van der Waals surface area contributed by atoms with Gasteiger partial charge < -0.3 is 10.8 Å². The van der Waals surface area contributed by atoms with E-state index in [1.807, 2.05) is 47.8 Å². The van der Waals surface area contributed by atoms with Crippen molar-refractivity contribution in [2.45, 2.75) is 6.04 Å². The third-order valence-electron chi connectivity index (χ3n) is 3.12. The van der Waals surface area contributed by atoms with Crippen molar-refractivity contribution in [1.82, 2.24) is 0 Å². The molecule has 0 spiro atoms. The van der Waals surface area contributed by atoms with Crippen LogP contribution in [0.2, 0.25) is 0 Å². The second-order valence-corrected chi connectivity index (χ2v) is 5.19. The van der Waals surface area contributed by atoms with E-state index in [4.69, 9.17) is 5.73 Å². The average Bonchev–Trinajstić information content (AvgIpc) is 2.93. The number of benzene rings is 2. The number of fused-ring (bicyclic) bond motifs is 1. The Morgan fingerprint density at radius 2 is 1.72 bits per heavy atom. The molecule has 0 bridgehead atoms. The highest BCUT2D eigenvalue weighted by Crippen LogP contribution is 2.33. The average molecular weight is 255 g/mol. The molecule has 1 aromatic heterocycles. The Labute approximate surface area is 109 Å². The zero-order valence-electron chi connectivity index (χ0n) is 9.71. The Kier molecular flexibility index (Phi) is 2.78. The van der Waals surface area contributed by atoms with Gasteiger partial charge in [0.15, 0.2) is 0 Å². The number of phenols is 1. The second-order valence-electron chi connectivity index (χ2n) is 4.21. The Bertz CT molecular complexity index is 676. The smallest absolute Gasteiger partial charge is 0.123 e. The lowest BCUT2D eigenvalue weighted by Gasteiger charge is -2.14. The molecule has 0 saturated carbocycles. The first-order valence-electron chi connectivity index (χ1n) is 5.77. The van der Waals surface area contributed by atoms with Crippen molar-refractivity contribution in [2.75, 3.05) is 0 Å². The van der Waals surface area contributed by atoms with E-state index in [1.165, 1.54) is 0 Å². The maximum absolute atomic E-state index is 9.87. The van der Waals surface area contributed by atoms with Crippen LogP contribution in [-0.4, -0.2) is 5.11 Å². The summed E-state index contributed by atoms with van der Waals surface area (Å²) in [7, 11) is 0. The SMILES string of the molecule is N[C@H](c1cccs1)c1ccc(O)c2ccccc12. The maximum atomic E-state index is 9.87. The van der Waals surface area contributed by atoms with E-state index in [1.54, 1.807) is 17.4 Å². The molecule has 0 aliphatic heterocycles. The Balaban J connectivity index is 2.21. The number of thiophene rings is 1. The molecule has 0 saturated heterocycles. The molecular weight excluding hydrogens is 242 g/mol. The summed E-state index contributed by atoms with van der Waals surface area (Å²) in [5.74, 6) is 0.299. The molecule has 0 radical (unpaired) electrons. The van der Waals surface area contributed by atoms with Gasteiger partial charge in [0.2, 0.25) is 0 Å². The highest BCUT2D eigenvalue weighted by atomic mass is 32.1. The van der Waals surface area contributed by atoms with Gasteiger partial charge in [-0.05, 0) is 28.5 Å².